The summed E-state index contributed by atoms with van der Waals surface area (Å²) in [5.41, 5.74) is 0.785. The fourth-order valence-electron chi connectivity index (χ4n) is 5.84. The summed E-state index contributed by atoms with van der Waals surface area (Å²) in [6.07, 6.45) is -0.626. The molecule has 50 heavy (non-hydrogen) atoms. The molecular formula is C35H42FN7O7. The van der Waals surface area contributed by atoms with Gasteiger partial charge in [-0.15, -0.1) is 0 Å². The molecule has 14 nitrogen and oxygen atoms in total. The van der Waals surface area contributed by atoms with Crippen LogP contribution in [0, 0.1) is 5.82 Å². The molecular weight excluding hydrogens is 649 g/mol. The van der Waals surface area contributed by atoms with Gasteiger partial charge < -0.3 is 29.4 Å². The van der Waals surface area contributed by atoms with Crippen LogP contribution in [0.25, 0.3) is 10.9 Å². The quantitative estimate of drug-likeness (QED) is 0.270. The molecule has 4 amide bonds. The number of anilines is 2. The number of rotatable bonds is 9. The summed E-state index contributed by atoms with van der Waals surface area (Å²) < 4.78 is 31.0. The summed E-state index contributed by atoms with van der Waals surface area (Å²) >= 11 is 0. The summed E-state index contributed by atoms with van der Waals surface area (Å²) in [5, 5.41) is 5.00. The van der Waals surface area contributed by atoms with E-state index in [2.05, 4.69) is 5.32 Å². The molecule has 0 saturated carbocycles. The van der Waals surface area contributed by atoms with Crippen LogP contribution in [0.5, 0.6) is 11.5 Å². The minimum absolute atomic E-state index is 0. The number of urea groups is 1. The molecule has 0 radical (unpaired) electrons. The minimum Gasteiger partial charge on any atom is -0.497 e. The van der Waals surface area contributed by atoms with E-state index in [9.17, 15) is 23.6 Å². The zero-order valence-electron chi connectivity index (χ0n) is 28.8. The number of likely N-dealkylation sites (N-methyl/N-ethyl adjacent to an activating group) is 1. The van der Waals surface area contributed by atoms with Crippen molar-refractivity contribution in [2.24, 2.45) is 0 Å². The molecule has 1 unspecified atom stereocenters. The van der Waals surface area contributed by atoms with Crippen molar-refractivity contribution in [1.82, 2.24) is 19.5 Å². The number of hydrogen-bond acceptors (Lipinski definition) is 9. The summed E-state index contributed by atoms with van der Waals surface area (Å²) in [4.78, 5) is 63.0. The smallest absolute Gasteiger partial charge is 0.409 e. The molecule has 1 aliphatic rings. The number of halogens is 1. The van der Waals surface area contributed by atoms with Gasteiger partial charge in [-0.05, 0) is 62.4 Å². The SMILES string of the molecule is COC(=O)N(C)[C@@H](C)C(=O)N1CCN(n2c(C(C)N(C(=O)Nc3ccc(F)cc3)c3ccc(OC)cc3OC)nc3ccccc3c2=O)CC1.[HH]. The van der Waals surface area contributed by atoms with Gasteiger partial charge in [0.05, 0.1) is 57.1 Å². The maximum atomic E-state index is 14.3. The number of nitrogens with zero attached hydrogens (tertiary/aromatic N) is 6. The first kappa shape index (κ1) is 35.4. The molecule has 1 aliphatic heterocycles. The summed E-state index contributed by atoms with van der Waals surface area (Å²) in [5.74, 6) is 0.349. The minimum atomic E-state index is -0.886. The Hall–Kier alpha value is -5.86. The van der Waals surface area contributed by atoms with Crippen molar-refractivity contribution >= 4 is 40.3 Å². The maximum absolute atomic E-state index is 14.3. The van der Waals surface area contributed by atoms with Crippen LogP contribution in [0.2, 0.25) is 0 Å². The Morgan fingerprint density at radius 3 is 2.26 bits per heavy atom. The normalized spacial score (nSPS) is 14.1. The monoisotopic (exact) mass is 691 g/mol. The van der Waals surface area contributed by atoms with Crippen molar-refractivity contribution < 1.29 is 34.4 Å². The number of ether oxygens (including phenoxy) is 3. The van der Waals surface area contributed by atoms with Gasteiger partial charge >= 0.3 is 12.1 Å². The van der Waals surface area contributed by atoms with Gasteiger partial charge in [-0.3, -0.25) is 19.4 Å². The average Bonchev–Trinajstić information content (AvgIpc) is 3.14. The van der Waals surface area contributed by atoms with E-state index >= 15 is 0 Å². The molecule has 1 saturated heterocycles. The van der Waals surface area contributed by atoms with Crippen LogP contribution in [-0.4, -0.2) is 98.1 Å². The number of nitrogens with one attached hydrogen (secondary N) is 1. The van der Waals surface area contributed by atoms with Crippen LogP contribution in [0.4, 0.5) is 25.4 Å². The third kappa shape index (κ3) is 7.11. The second kappa shape index (κ2) is 15.1. The van der Waals surface area contributed by atoms with Gasteiger partial charge in [0, 0.05) is 33.3 Å². The van der Waals surface area contributed by atoms with Crippen LogP contribution in [0.15, 0.2) is 71.5 Å². The number of hydrogen-bond donors (Lipinski definition) is 1. The van der Waals surface area contributed by atoms with E-state index in [4.69, 9.17) is 19.2 Å². The molecule has 2 atom stereocenters. The van der Waals surface area contributed by atoms with Crippen LogP contribution in [0.3, 0.4) is 0 Å². The Balaban J connectivity index is 0.00000583. The van der Waals surface area contributed by atoms with Gasteiger partial charge in [0.15, 0.2) is 5.82 Å². The van der Waals surface area contributed by atoms with Crippen LogP contribution >= 0.6 is 0 Å². The number of carbonyl (C=O) groups is 3. The van der Waals surface area contributed by atoms with Crippen molar-refractivity contribution in [2.45, 2.75) is 25.9 Å². The standard InChI is InChI=1S/C35H40FN7O7.H2/c1-22(42(29-16-15-26(48-4)21-30(29)49-5)34(46)37-25-13-11-24(36)12-14-25)31-38-28-10-8-7-9-27(28)33(45)43(31)41-19-17-40(18-20-41)32(44)23(2)39(3)35(47)50-6;/h7-16,21-23H,17-20H2,1-6H3,(H,37,46);1H/t22?,23-;/m0./s1. The second-order valence-electron chi connectivity index (χ2n) is 11.7. The largest absolute Gasteiger partial charge is 0.497 e. The second-order valence-corrected chi connectivity index (χ2v) is 11.7. The van der Waals surface area contributed by atoms with Crippen LogP contribution < -0.4 is 30.3 Å². The highest BCUT2D eigenvalue weighted by molar-refractivity contribution is 6.03. The molecule has 1 aromatic heterocycles. The first-order valence-corrected chi connectivity index (χ1v) is 15.9. The Morgan fingerprint density at radius 2 is 1.62 bits per heavy atom. The lowest BCUT2D eigenvalue weighted by atomic mass is 10.1. The lowest BCUT2D eigenvalue weighted by Crippen LogP contribution is -2.59. The molecule has 3 aromatic carbocycles. The number of piperazine rings is 1. The van der Waals surface area contributed by atoms with E-state index in [1.807, 2.05) is 0 Å². The highest BCUT2D eigenvalue weighted by Gasteiger charge is 2.34. The highest BCUT2D eigenvalue weighted by Crippen LogP contribution is 2.37. The molecule has 5 rings (SSSR count). The lowest BCUT2D eigenvalue weighted by molar-refractivity contribution is -0.135. The molecule has 15 heteroatoms. The lowest BCUT2D eigenvalue weighted by Gasteiger charge is -2.40. The third-order valence-corrected chi connectivity index (χ3v) is 8.75. The molecule has 4 aromatic rings. The number of carbonyl (C=O) groups excluding carboxylic acids is 3. The Labute approximate surface area is 290 Å². The van der Waals surface area contributed by atoms with E-state index in [1.54, 1.807) is 66.2 Å². The van der Waals surface area contributed by atoms with Crippen LogP contribution in [0.1, 0.15) is 27.1 Å². The van der Waals surface area contributed by atoms with Gasteiger partial charge in [-0.2, -0.15) is 0 Å². The van der Waals surface area contributed by atoms with E-state index in [-0.39, 0.29) is 44.9 Å². The zero-order valence-corrected chi connectivity index (χ0v) is 28.8. The predicted molar refractivity (Wildman–Crippen MR) is 188 cm³/mol. The van der Waals surface area contributed by atoms with Gasteiger partial charge in [0.25, 0.3) is 5.56 Å². The molecule has 1 fully saturated rings. The van der Waals surface area contributed by atoms with E-state index < -0.39 is 30.0 Å². The van der Waals surface area contributed by atoms with Gasteiger partial charge in [0.2, 0.25) is 5.91 Å². The van der Waals surface area contributed by atoms with Gasteiger partial charge in [-0.1, -0.05) is 12.1 Å². The summed E-state index contributed by atoms with van der Waals surface area (Å²) in [6.45, 7) is 4.40. The highest BCUT2D eigenvalue weighted by atomic mass is 19.1. The average molecular weight is 692 g/mol. The van der Waals surface area contributed by atoms with Gasteiger partial charge in [-0.25, -0.2) is 23.6 Å². The summed E-state index contributed by atoms with van der Waals surface area (Å²) in [6, 6.07) is 15.0. The van der Waals surface area contributed by atoms with Crippen molar-refractivity contribution in [1.29, 1.82) is 0 Å². The fraction of sp³-hybridized carbons (Fsp3) is 0.343. The zero-order chi connectivity index (χ0) is 36.1. The topological polar surface area (TPSA) is 139 Å². The third-order valence-electron chi connectivity index (χ3n) is 8.75. The fourth-order valence-corrected chi connectivity index (χ4v) is 5.84. The number of fused-ring (bicyclic) bond motifs is 1. The number of methoxy groups -OCH3 is 3. The van der Waals surface area contributed by atoms with Crippen molar-refractivity contribution in [3.8, 4) is 11.5 Å². The molecule has 1 N–H and O–H groups in total. The Kier molecular flexibility index (Phi) is 10.7. The molecule has 0 aliphatic carbocycles. The first-order chi connectivity index (χ1) is 24.0. The van der Waals surface area contributed by atoms with Crippen molar-refractivity contribution in [3.63, 3.8) is 0 Å². The number of amides is 4. The molecule has 266 valence electrons. The van der Waals surface area contributed by atoms with Crippen LogP contribution in [-0.2, 0) is 9.53 Å². The van der Waals surface area contributed by atoms with Crippen molar-refractivity contribution in [2.75, 3.05) is 69.8 Å². The molecule has 0 spiro atoms. The predicted octanol–water partition coefficient (Wildman–Crippen LogP) is 4.47. The first-order valence-electron chi connectivity index (χ1n) is 15.9. The Morgan fingerprint density at radius 1 is 0.940 bits per heavy atom. The number of benzene rings is 3. The Bertz CT molecular complexity index is 1940. The van der Waals surface area contributed by atoms with E-state index in [0.717, 1.165) is 0 Å². The summed E-state index contributed by atoms with van der Waals surface area (Å²) in [7, 11) is 5.72. The molecule has 2 heterocycles. The number of aromatic nitrogens is 2. The van der Waals surface area contributed by atoms with Gasteiger partial charge in [0.1, 0.15) is 23.4 Å². The number of para-hydroxylation sites is 1. The molecule has 0 bridgehead atoms. The van der Waals surface area contributed by atoms with E-state index in [0.29, 0.717) is 33.8 Å². The van der Waals surface area contributed by atoms with Crippen molar-refractivity contribution in [3.05, 3.63) is 88.7 Å². The maximum Gasteiger partial charge on any atom is 0.409 e. The van der Waals surface area contributed by atoms with E-state index in [1.165, 1.54) is 67.1 Å².